The van der Waals surface area contributed by atoms with Gasteiger partial charge in [0.2, 0.25) is 0 Å². The SMILES string of the molecule is CCC(O)CN(C)CCCOc1ccccc1. The van der Waals surface area contributed by atoms with Gasteiger partial charge in [-0.2, -0.15) is 0 Å². The monoisotopic (exact) mass is 237 g/mol. The molecule has 0 aliphatic carbocycles. The van der Waals surface area contributed by atoms with Crippen molar-refractivity contribution in [3.63, 3.8) is 0 Å². The largest absolute Gasteiger partial charge is 0.494 e. The summed E-state index contributed by atoms with van der Waals surface area (Å²) in [6, 6.07) is 9.85. The number of nitrogens with zero attached hydrogens (tertiary/aromatic N) is 1. The molecule has 1 N–H and O–H groups in total. The maximum Gasteiger partial charge on any atom is 0.119 e. The van der Waals surface area contributed by atoms with Crippen LogP contribution in [-0.4, -0.2) is 42.9 Å². The van der Waals surface area contributed by atoms with Gasteiger partial charge in [0.05, 0.1) is 12.7 Å². The van der Waals surface area contributed by atoms with E-state index in [2.05, 4.69) is 4.90 Å². The van der Waals surface area contributed by atoms with Crippen molar-refractivity contribution in [2.75, 3.05) is 26.7 Å². The molecule has 0 amide bonds. The molecular formula is C14H23NO2. The molecule has 3 nitrogen and oxygen atoms in total. The van der Waals surface area contributed by atoms with E-state index in [1.165, 1.54) is 0 Å². The number of hydrogen-bond donors (Lipinski definition) is 1. The minimum absolute atomic E-state index is 0.213. The molecule has 1 rings (SSSR count). The average Bonchev–Trinajstić information content (AvgIpc) is 2.36. The van der Waals surface area contributed by atoms with Crippen molar-refractivity contribution in [2.24, 2.45) is 0 Å². The second-order valence-corrected chi connectivity index (χ2v) is 4.34. The summed E-state index contributed by atoms with van der Waals surface area (Å²) >= 11 is 0. The molecule has 96 valence electrons. The molecule has 0 heterocycles. The van der Waals surface area contributed by atoms with Crippen LogP contribution in [0.4, 0.5) is 0 Å². The predicted octanol–water partition coefficient (Wildman–Crippen LogP) is 2.16. The van der Waals surface area contributed by atoms with Crippen LogP contribution in [0.15, 0.2) is 30.3 Å². The number of aliphatic hydroxyl groups is 1. The summed E-state index contributed by atoms with van der Waals surface area (Å²) in [5.41, 5.74) is 0. The van der Waals surface area contributed by atoms with Crippen LogP contribution < -0.4 is 4.74 Å². The molecule has 0 bridgehead atoms. The Morgan fingerprint density at radius 3 is 2.65 bits per heavy atom. The first-order valence-electron chi connectivity index (χ1n) is 6.26. The Kier molecular flexibility index (Phi) is 6.67. The van der Waals surface area contributed by atoms with Crippen molar-refractivity contribution in [3.8, 4) is 5.75 Å². The smallest absolute Gasteiger partial charge is 0.119 e. The second-order valence-electron chi connectivity index (χ2n) is 4.34. The first-order valence-corrected chi connectivity index (χ1v) is 6.26. The van der Waals surface area contributed by atoms with Crippen molar-refractivity contribution >= 4 is 0 Å². The molecule has 0 saturated heterocycles. The molecule has 0 radical (unpaired) electrons. The minimum Gasteiger partial charge on any atom is -0.494 e. The Labute approximate surface area is 104 Å². The highest BCUT2D eigenvalue weighted by Gasteiger charge is 2.05. The third-order valence-corrected chi connectivity index (χ3v) is 2.69. The number of likely N-dealkylation sites (N-methyl/N-ethyl adjacent to an activating group) is 1. The molecule has 1 aromatic carbocycles. The zero-order valence-corrected chi connectivity index (χ0v) is 10.8. The number of rotatable bonds is 8. The van der Waals surface area contributed by atoms with E-state index in [4.69, 9.17) is 4.74 Å². The van der Waals surface area contributed by atoms with Crippen molar-refractivity contribution in [1.82, 2.24) is 4.90 Å². The summed E-state index contributed by atoms with van der Waals surface area (Å²) in [6.45, 7) is 4.40. The lowest BCUT2D eigenvalue weighted by atomic mass is 10.2. The molecule has 3 heteroatoms. The summed E-state index contributed by atoms with van der Waals surface area (Å²) in [7, 11) is 2.03. The van der Waals surface area contributed by atoms with Crippen molar-refractivity contribution in [1.29, 1.82) is 0 Å². The van der Waals surface area contributed by atoms with Crippen LogP contribution >= 0.6 is 0 Å². The minimum atomic E-state index is -0.213. The first kappa shape index (κ1) is 14.0. The fourth-order valence-corrected chi connectivity index (χ4v) is 1.62. The van der Waals surface area contributed by atoms with E-state index in [0.29, 0.717) is 0 Å². The molecule has 0 aliphatic heterocycles. The third kappa shape index (κ3) is 6.29. The summed E-state index contributed by atoms with van der Waals surface area (Å²) < 4.78 is 5.60. The molecule has 0 spiro atoms. The molecule has 1 unspecified atom stereocenters. The normalized spacial score (nSPS) is 12.7. The number of hydrogen-bond acceptors (Lipinski definition) is 3. The predicted molar refractivity (Wildman–Crippen MR) is 70.3 cm³/mol. The van der Waals surface area contributed by atoms with Gasteiger partial charge in [-0.3, -0.25) is 0 Å². The van der Waals surface area contributed by atoms with Crippen LogP contribution in [0.2, 0.25) is 0 Å². The Hall–Kier alpha value is -1.06. The Balaban J connectivity index is 2.08. The van der Waals surface area contributed by atoms with E-state index >= 15 is 0 Å². The molecule has 0 fully saturated rings. The van der Waals surface area contributed by atoms with E-state index < -0.39 is 0 Å². The molecule has 0 saturated carbocycles. The average molecular weight is 237 g/mol. The molecule has 0 aliphatic rings. The lowest BCUT2D eigenvalue weighted by molar-refractivity contribution is 0.119. The van der Waals surface area contributed by atoms with E-state index in [9.17, 15) is 5.11 Å². The van der Waals surface area contributed by atoms with Gasteiger partial charge in [-0.1, -0.05) is 25.1 Å². The first-order chi connectivity index (χ1) is 8.22. The number of para-hydroxylation sites is 1. The maximum atomic E-state index is 9.49. The van der Waals surface area contributed by atoms with Gasteiger partial charge in [-0.25, -0.2) is 0 Å². The van der Waals surface area contributed by atoms with Crippen LogP contribution in [-0.2, 0) is 0 Å². The van der Waals surface area contributed by atoms with Gasteiger partial charge in [-0.05, 0) is 32.0 Å². The van der Waals surface area contributed by atoms with Crippen molar-refractivity contribution in [3.05, 3.63) is 30.3 Å². The summed E-state index contributed by atoms with van der Waals surface area (Å²) in [5, 5.41) is 9.49. The standard InChI is InChI=1S/C14H23NO2/c1-3-13(16)12-15(2)10-7-11-17-14-8-5-4-6-9-14/h4-6,8-9,13,16H,3,7,10-12H2,1-2H3. The van der Waals surface area contributed by atoms with Gasteiger partial charge in [0.25, 0.3) is 0 Å². The highest BCUT2D eigenvalue weighted by molar-refractivity contribution is 5.20. The van der Waals surface area contributed by atoms with Gasteiger partial charge < -0.3 is 14.7 Å². The number of benzene rings is 1. The zero-order valence-electron chi connectivity index (χ0n) is 10.8. The summed E-state index contributed by atoms with van der Waals surface area (Å²) in [4.78, 5) is 2.14. The molecule has 1 atom stereocenters. The quantitative estimate of drug-likeness (QED) is 0.703. The molecule has 1 aromatic rings. The fraction of sp³-hybridized carbons (Fsp3) is 0.571. The van der Waals surface area contributed by atoms with E-state index in [1.807, 2.05) is 44.3 Å². The Morgan fingerprint density at radius 2 is 2.00 bits per heavy atom. The maximum absolute atomic E-state index is 9.49. The van der Waals surface area contributed by atoms with E-state index in [-0.39, 0.29) is 6.10 Å². The third-order valence-electron chi connectivity index (χ3n) is 2.69. The Morgan fingerprint density at radius 1 is 1.29 bits per heavy atom. The summed E-state index contributed by atoms with van der Waals surface area (Å²) in [5.74, 6) is 0.920. The number of aliphatic hydroxyl groups excluding tert-OH is 1. The fourth-order valence-electron chi connectivity index (χ4n) is 1.62. The van der Waals surface area contributed by atoms with Crippen LogP contribution in [0.25, 0.3) is 0 Å². The number of ether oxygens (including phenoxy) is 1. The Bertz CT molecular complexity index is 290. The molecule has 0 aromatic heterocycles. The highest BCUT2D eigenvalue weighted by Crippen LogP contribution is 2.08. The van der Waals surface area contributed by atoms with Gasteiger partial charge in [0.15, 0.2) is 0 Å². The van der Waals surface area contributed by atoms with Crippen molar-refractivity contribution < 1.29 is 9.84 Å². The highest BCUT2D eigenvalue weighted by atomic mass is 16.5. The zero-order chi connectivity index (χ0) is 12.5. The molecular weight excluding hydrogens is 214 g/mol. The lowest BCUT2D eigenvalue weighted by Gasteiger charge is -2.19. The van der Waals surface area contributed by atoms with Crippen molar-refractivity contribution in [2.45, 2.75) is 25.9 Å². The van der Waals surface area contributed by atoms with Gasteiger partial charge in [0, 0.05) is 13.1 Å². The second kappa shape index (κ2) is 8.09. The topological polar surface area (TPSA) is 32.7 Å². The summed E-state index contributed by atoms with van der Waals surface area (Å²) in [6.07, 6.45) is 1.57. The molecule has 17 heavy (non-hydrogen) atoms. The van der Waals surface area contributed by atoms with E-state index in [1.54, 1.807) is 0 Å². The lowest BCUT2D eigenvalue weighted by Crippen LogP contribution is -2.30. The van der Waals surface area contributed by atoms with Crippen LogP contribution in [0.3, 0.4) is 0 Å². The van der Waals surface area contributed by atoms with E-state index in [0.717, 1.165) is 38.3 Å². The van der Waals surface area contributed by atoms with Gasteiger partial charge in [0.1, 0.15) is 5.75 Å². The van der Waals surface area contributed by atoms with Crippen LogP contribution in [0.5, 0.6) is 5.75 Å². The van der Waals surface area contributed by atoms with Crippen LogP contribution in [0.1, 0.15) is 19.8 Å². The van der Waals surface area contributed by atoms with Gasteiger partial charge in [-0.15, -0.1) is 0 Å². The van der Waals surface area contributed by atoms with Crippen LogP contribution in [0, 0.1) is 0 Å². The van der Waals surface area contributed by atoms with Gasteiger partial charge >= 0.3 is 0 Å².